The van der Waals surface area contributed by atoms with Crippen LogP contribution in [0, 0.1) is 0 Å². The van der Waals surface area contributed by atoms with E-state index in [4.69, 9.17) is 10.5 Å². The molecule has 92 valence electrons. The summed E-state index contributed by atoms with van der Waals surface area (Å²) >= 11 is 0. The topological polar surface area (TPSA) is 113 Å². The van der Waals surface area contributed by atoms with E-state index < -0.39 is 5.91 Å². The number of nitrogens with two attached hydrogens (primary N) is 1. The van der Waals surface area contributed by atoms with E-state index in [-0.39, 0.29) is 23.8 Å². The first-order valence-corrected chi connectivity index (χ1v) is 4.87. The van der Waals surface area contributed by atoms with Crippen LogP contribution in [0.25, 0.3) is 11.2 Å². The van der Waals surface area contributed by atoms with Crippen molar-refractivity contribution in [2.24, 2.45) is 0 Å². The second-order valence-corrected chi connectivity index (χ2v) is 3.31. The highest BCUT2D eigenvalue weighted by molar-refractivity contribution is 5.92. The number of nitrogens with zero attached hydrogens (tertiary/aromatic N) is 4. The Balaban J connectivity index is 2.26. The van der Waals surface area contributed by atoms with Crippen LogP contribution in [-0.2, 0) is 9.53 Å². The summed E-state index contributed by atoms with van der Waals surface area (Å²) < 4.78 is 5.99. The third-order valence-electron chi connectivity index (χ3n) is 2.14. The summed E-state index contributed by atoms with van der Waals surface area (Å²) in [5.74, 6) is -0.384. The van der Waals surface area contributed by atoms with Gasteiger partial charge in [0.05, 0.1) is 0 Å². The summed E-state index contributed by atoms with van der Waals surface area (Å²) in [6.07, 6.45) is 2.92. The zero-order valence-electron chi connectivity index (χ0n) is 9.24. The van der Waals surface area contributed by atoms with Crippen LogP contribution in [0.2, 0.25) is 0 Å². The summed E-state index contributed by atoms with van der Waals surface area (Å²) in [7, 11) is 0. The number of rotatable bonds is 4. The molecule has 2 rings (SSSR count). The molecule has 0 aliphatic rings. The second-order valence-electron chi connectivity index (χ2n) is 3.31. The molecule has 0 atom stereocenters. The van der Waals surface area contributed by atoms with E-state index in [0.717, 1.165) is 0 Å². The molecule has 0 radical (unpaired) electrons. The highest BCUT2D eigenvalue weighted by Crippen LogP contribution is 2.13. The SMILES string of the molecule is C=C(C=O)OCC(=O)n1cnc2c(N)ncnc21. The Kier molecular flexibility index (Phi) is 3.00. The third-order valence-corrected chi connectivity index (χ3v) is 2.14. The Morgan fingerprint density at radius 2 is 2.28 bits per heavy atom. The quantitative estimate of drug-likeness (QED) is 0.451. The standard InChI is InChI=1S/C10H9N5O3/c1-6(2-16)18-3-7(17)15-5-14-8-9(11)12-4-13-10(8)15/h2,4-5H,1,3H2,(H2,11,12,13). The zero-order valence-corrected chi connectivity index (χ0v) is 9.24. The van der Waals surface area contributed by atoms with Crippen LogP contribution in [0.5, 0.6) is 0 Å². The second kappa shape index (κ2) is 4.62. The number of imidazole rings is 1. The predicted octanol–water partition coefficient (Wildman–Crippen LogP) is -0.222. The molecule has 0 spiro atoms. The smallest absolute Gasteiger partial charge is 0.271 e. The van der Waals surface area contributed by atoms with Gasteiger partial charge in [0, 0.05) is 0 Å². The van der Waals surface area contributed by atoms with Crippen molar-refractivity contribution in [3.8, 4) is 0 Å². The Bertz CT molecular complexity index is 633. The fourth-order valence-electron chi connectivity index (χ4n) is 1.29. The van der Waals surface area contributed by atoms with Gasteiger partial charge in [0.25, 0.3) is 5.91 Å². The molecule has 0 amide bonds. The molecule has 0 fully saturated rings. The molecule has 2 N–H and O–H groups in total. The number of carbonyl (C=O) groups is 2. The average molecular weight is 247 g/mol. The van der Waals surface area contributed by atoms with Gasteiger partial charge in [0.15, 0.2) is 35.6 Å². The number of aromatic nitrogens is 4. The molecule has 2 aromatic heterocycles. The highest BCUT2D eigenvalue weighted by Gasteiger charge is 2.14. The molecule has 8 heteroatoms. The predicted molar refractivity (Wildman–Crippen MR) is 61.5 cm³/mol. The largest absolute Gasteiger partial charge is 0.481 e. The number of carbonyl (C=O) groups excluding carboxylic acids is 2. The molecule has 0 bridgehead atoms. The van der Waals surface area contributed by atoms with Crippen LogP contribution >= 0.6 is 0 Å². The van der Waals surface area contributed by atoms with Gasteiger partial charge in [-0.1, -0.05) is 6.58 Å². The van der Waals surface area contributed by atoms with E-state index in [1.165, 1.54) is 17.2 Å². The molecule has 8 nitrogen and oxygen atoms in total. The molecule has 0 aromatic carbocycles. The molecule has 0 aliphatic heterocycles. The van der Waals surface area contributed by atoms with E-state index in [0.29, 0.717) is 11.8 Å². The van der Waals surface area contributed by atoms with Gasteiger partial charge in [-0.25, -0.2) is 19.5 Å². The lowest BCUT2D eigenvalue weighted by atomic mass is 10.5. The molecule has 2 heterocycles. The number of allylic oxidation sites excluding steroid dienone is 1. The molecule has 0 unspecified atom stereocenters. The van der Waals surface area contributed by atoms with Crippen LogP contribution in [0.3, 0.4) is 0 Å². The van der Waals surface area contributed by atoms with Crippen LogP contribution in [0.1, 0.15) is 4.79 Å². The molecule has 0 saturated heterocycles. The van der Waals surface area contributed by atoms with Gasteiger partial charge < -0.3 is 10.5 Å². The summed E-state index contributed by atoms with van der Waals surface area (Å²) in [5, 5.41) is 0. The number of ether oxygens (including phenoxy) is 1. The number of nitrogen functional groups attached to an aromatic ring is 1. The minimum Gasteiger partial charge on any atom is -0.481 e. The molecule has 0 aliphatic carbocycles. The molecule has 18 heavy (non-hydrogen) atoms. The highest BCUT2D eigenvalue weighted by atomic mass is 16.5. The van der Waals surface area contributed by atoms with Gasteiger partial charge in [0.2, 0.25) is 0 Å². The van der Waals surface area contributed by atoms with Gasteiger partial charge in [-0.05, 0) is 0 Å². The number of hydrogen-bond donors (Lipinski definition) is 1. The number of anilines is 1. The van der Waals surface area contributed by atoms with Gasteiger partial charge in [0.1, 0.15) is 12.7 Å². The van der Waals surface area contributed by atoms with Crippen LogP contribution in [-0.4, -0.2) is 38.3 Å². The first kappa shape index (κ1) is 11.7. The summed E-state index contributed by atoms with van der Waals surface area (Å²) in [6.45, 7) is 2.95. The van der Waals surface area contributed by atoms with Gasteiger partial charge in [-0.2, -0.15) is 0 Å². The Hall–Kier alpha value is -2.77. The van der Waals surface area contributed by atoms with E-state index in [9.17, 15) is 9.59 Å². The third kappa shape index (κ3) is 2.03. The summed E-state index contributed by atoms with van der Waals surface area (Å²) in [4.78, 5) is 33.7. The van der Waals surface area contributed by atoms with Crippen molar-refractivity contribution < 1.29 is 14.3 Å². The monoisotopic (exact) mass is 247 g/mol. The van der Waals surface area contributed by atoms with E-state index >= 15 is 0 Å². The van der Waals surface area contributed by atoms with Crippen molar-refractivity contribution in [2.45, 2.75) is 0 Å². The summed E-state index contributed by atoms with van der Waals surface area (Å²) in [6, 6.07) is 0. The number of hydrogen-bond acceptors (Lipinski definition) is 7. The van der Waals surface area contributed by atoms with Crippen LogP contribution in [0.4, 0.5) is 5.82 Å². The van der Waals surface area contributed by atoms with Crippen molar-refractivity contribution >= 4 is 29.2 Å². The molecular weight excluding hydrogens is 238 g/mol. The molecule has 0 saturated carbocycles. The van der Waals surface area contributed by atoms with Gasteiger partial charge >= 0.3 is 0 Å². The minimum atomic E-state index is -0.446. The van der Waals surface area contributed by atoms with Crippen molar-refractivity contribution in [3.05, 3.63) is 25.0 Å². The Labute approximate surface area is 101 Å². The van der Waals surface area contributed by atoms with Crippen molar-refractivity contribution in [2.75, 3.05) is 12.3 Å². The van der Waals surface area contributed by atoms with Crippen LogP contribution in [0.15, 0.2) is 25.0 Å². The Morgan fingerprint density at radius 3 is 3.00 bits per heavy atom. The van der Waals surface area contributed by atoms with Crippen molar-refractivity contribution in [1.29, 1.82) is 0 Å². The molecule has 2 aromatic rings. The maximum atomic E-state index is 11.8. The van der Waals surface area contributed by atoms with Crippen LogP contribution < -0.4 is 5.73 Å². The fraction of sp³-hybridized carbons (Fsp3) is 0.100. The maximum Gasteiger partial charge on any atom is 0.271 e. The normalized spacial score (nSPS) is 10.2. The van der Waals surface area contributed by atoms with E-state index in [1.807, 2.05) is 0 Å². The van der Waals surface area contributed by atoms with Crippen molar-refractivity contribution in [1.82, 2.24) is 19.5 Å². The fourth-order valence-corrected chi connectivity index (χ4v) is 1.29. The molecular formula is C10H9N5O3. The zero-order chi connectivity index (χ0) is 13.1. The summed E-state index contributed by atoms with van der Waals surface area (Å²) in [5.41, 5.74) is 6.20. The number of aldehydes is 1. The lowest BCUT2D eigenvalue weighted by molar-refractivity contribution is -0.107. The maximum absolute atomic E-state index is 11.8. The lowest BCUT2D eigenvalue weighted by Crippen LogP contribution is -2.17. The Morgan fingerprint density at radius 1 is 1.50 bits per heavy atom. The van der Waals surface area contributed by atoms with Crippen molar-refractivity contribution in [3.63, 3.8) is 0 Å². The lowest BCUT2D eigenvalue weighted by Gasteiger charge is -2.04. The first-order valence-electron chi connectivity index (χ1n) is 4.87. The van der Waals surface area contributed by atoms with E-state index in [2.05, 4.69) is 21.5 Å². The van der Waals surface area contributed by atoms with E-state index in [1.54, 1.807) is 0 Å². The first-order chi connectivity index (χ1) is 8.63. The number of fused-ring (bicyclic) bond motifs is 1. The average Bonchev–Trinajstić information content (AvgIpc) is 2.81. The van der Waals surface area contributed by atoms with Gasteiger partial charge in [-0.15, -0.1) is 0 Å². The van der Waals surface area contributed by atoms with Gasteiger partial charge in [-0.3, -0.25) is 9.59 Å². The minimum absolute atomic E-state index is 0.123.